The summed E-state index contributed by atoms with van der Waals surface area (Å²) in [6.07, 6.45) is 2.94. The molecule has 240 valence electrons. The molecule has 0 N–H and O–H groups in total. The molecule has 8 nitrogen and oxygen atoms in total. The Morgan fingerprint density at radius 1 is 1.15 bits per heavy atom. The van der Waals surface area contributed by atoms with Crippen molar-refractivity contribution in [2.75, 3.05) is 51.2 Å². The maximum absolute atomic E-state index is 16.8. The van der Waals surface area contributed by atoms with Gasteiger partial charge in [0.05, 0.1) is 36.5 Å². The van der Waals surface area contributed by atoms with Gasteiger partial charge in [0.2, 0.25) is 6.81 Å². The van der Waals surface area contributed by atoms with Crippen molar-refractivity contribution < 1.29 is 38.9 Å². The van der Waals surface area contributed by atoms with Crippen molar-refractivity contribution in [1.29, 1.82) is 0 Å². The number of benzene rings is 2. The van der Waals surface area contributed by atoms with Gasteiger partial charge in [0.1, 0.15) is 32.5 Å². The van der Waals surface area contributed by atoms with E-state index in [1.807, 2.05) is 0 Å². The predicted octanol–water partition coefficient (Wildman–Crippen LogP) is 6.07. The molecule has 0 unspecified atom stereocenters. The second kappa shape index (κ2) is 11.3. The summed E-state index contributed by atoms with van der Waals surface area (Å²) < 4.78 is 105. The third kappa shape index (κ3) is 4.65. The van der Waals surface area contributed by atoms with Crippen LogP contribution < -0.4 is 14.4 Å². The fourth-order valence-corrected chi connectivity index (χ4v) is 7.49. The minimum absolute atomic E-state index is 0.000451. The van der Waals surface area contributed by atoms with Gasteiger partial charge in [-0.15, -0.1) is 0 Å². The number of aromatic nitrogens is 3. The van der Waals surface area contributed by atoms with Gasteiger partial charge in [0, 0.05) is 36.2 Å². The Labute approximate surface area is 263 Å². The lowest BCUT2D eigenvalue weighted by molar-refractivity contribution is 0.108. The van der Waals surface area contributed by atoms with Crippen molar-refractivity contribution in [3.8, 4) is 23.0 Å². The first-order chi connectivity index (χ1) is 23.1. The number of alkyl halides is 2. The number of fused-ring (bicyclic) bond motifs is 4. The van der Waals surface area contributed by atoms with Crippen LogP contribution >= 0.6 is 0 Å². The van der Waals surface area contributed by atoms with Gasteiger partial charge in [-0.2, -0.15) is 9.97 Å². The Balaban J connectivity index is 1.27. The largest absolute Gasteiger partial charge is 0.461 e. The summed E-state index contributed by atoms with van der Waals surface area (Å²) in [6, 6.07) is 6.21. The summed E-state index contributed by atoms with van der Waals surface area (Å²) in [5, 5.41) is 0.397. The molecule has 4 atom stereocenters. The number of halogens is 5. The highest BCUT2D eigenvalue weighted by molar-refractivity contribution is 6.02. The zero-order valence-electron chi connectivity index (χ0n) is 26.5. The molecular formula is C33H30F5N5O3. The van der Waals surface area contributed by atoms with E-state index in [1.54, 1.807) is 17.0 Å². The molecule has 46 heavy (non-hydrogen) atoms. The monoisotopic (exact) mass is 641 g/mol. The molecule has 5 heterocycles. The normalized spacial score (nSPS) is 27.8. The molecule has 4 fully saturated rings. The number of rotatable bonds is 7. The van der Waals surface area contributed by atoms with Gasteiger partial charge >= 0.3 is 6.01 Å². The number of nitrogens with zero attached hydrogens (tertiary/aromatic N) is 5. The third-order valence-electron chi connectivity index (χ3n) is 9.76. The quantitative estimate of drug-likeness (QED) is 0.225. The van der Waals surface area contributed by atoms with E-state index in [-0.39, 0.29) is 71.7 Å². The molecular weight excluding hydrogens is 609 g/mol. The number of hydrogen-bond donors (Lipinski definition) is 0. The van der Waals surface area contributed by atoms with Gasteiger partial charge in [-0.05, 0) is 42.8 Å². The van der Waals surface area contributed by atoms with Crippen molar-refractivity contribution >= 4 is 27.5 Å². The Bertz CT molecular complexity index is 1970. The molecule has 0 amide bonds. The highest BCUT2D eigenvalue weighted by Crippen LogP contribution is 2.46. The highest BCUT2D eigenvalue weighted by Gasteiger charge is 2.56. The van der Waals surface area contributed by atoms with Crippen LogP contribution in [-0.4, -0.2) is 83.9 Å². The molecule has 3 saturated heterocycles. The summed E-state index contributed by atoms with van der Waals surface area (Å²) in [4.78, 5) is 17.4. The molecule has 8 rings (SSSR count). The number of hydrogen-bond acceptors (Lipinski definition) is 8. The average Bonchev–Trinajstić information content (AvgIpc) is 3.42. The second-order valence-corrected chi connectivity index (χ2v) is 12.3. The van der Waals surface area contributed by atoms with Crippen LogP contribution in [0.2, 0.25) is 0 Å². The van der Waals surface area contributed by atoms with Crippen LogP contribution in [0.4, 0.5) is 27.8 Å². The minimum Gasteiger partial charge on any atom is -0.461 e. The van der Waals surface area contributed by atoms with E-state index in [0.717, 1.165) is 25.5 Å². The van der Waals surface area contributed by atoms with Gasteiger partial charge in [0.15, 0.2) is 17.4 Å². The van der Waals surface area contributed by atoms with Gasteiger partial charge in [-0.1, -0.05) is 24.3 Å². The van der Waals surface area contributed by atoms with E-state index in [9.17, 15) is 17.6 Å². The summed E-state index contributed by atoms with van der Waals surface area (Å²) >= 11 is 0. The molecule has 0 bridgehead atoms. The van der Waals surface area contributed by atoms with Crippen molar-refractivity contribution in [2.45, 2.75) is 37.0 Å². The summed E-state index contributed by atoms with van der Waals surface area (Å²) in [6.45, 7) is -1.54. The summed E-state index contributed by atoms with van der Waals surface area (Å²) in [5.74, 6) is -2.91. The molecule has 4 aromatic rings. The smallest absolute Gasteiger partial charge is 0.319 e. The fraction of sp³-hybridized carbons (Fsp3) is 0.424. The lowest BCUT2D eigenvalue weighted by Crippen LogP contribution is -2.43. The van der Waals surface area contributed by atoms with E-state index in [2.05, 4.69) is 19.9 Å². The number of pyridine rings is 1. The standard InChI is InChI=1S/C33H30F5N5O3/c34-12-18-11-33(7-2-8-42(33)14-18)16-45-32-40-28-21(31(41-32)43-9-10-44-15-22-25(37)29(22)43)13-39-27(26(28)38)20-4-1-3-19-5-6-23(36)30(24(19)20)46-17-35/h1,3-6,12-13,22,25,29H,2,7-11,14-17H2/b18-12+/t22-,25-,29-,33-/m0/s1/i17D2. The van der Waals surface area contributed by atoms with Gasteiger partial charge in [0.25, 0.3) is 0 Å². The first-order valence-corrected chi connectivity index (χ1v) is 15.2. The third-order valence-corrected chi connectivity index (χ3v) is 9.76. The number of anilines is 1. The van der Waals surface area contributed by atoms with Crippen LogP contribution in [0.5, 0.6) is 11.8 Å². The van der Waals surface area contributed by atoms with Gasteiger partial charge < -0.3 is 19.1 Å². The predicted molar refractivity (Wildman–Crippen MR) is 160 cm³/mol. The van der Waals surface area contributed by atoms with Crippen LogP contribution in [0.25, 0.3) is 32.9 Å². The maximum Gasteiger partial charge on any atom is 0.319 e. The Kier molecular flexibility index (Phi) is 6.65. The van der Waals surface area contributed by atoms with Gasteiger partial charge in [-0.25, -0.2) is 22.0 Å². The van der Waals surface area contributed by atoms with E-state index in [4.69, 9.17) is 17.0 Å². The van der Waals surface area contributed by atoms with Crippen LogP contribution in [0, 0.1) is 17.6 Å². The van der Waals surface area contributed by atoms with Crippen LogP contribution in [-0.2, 0) is 4.74 Å². The van der Waals surface area contributed by atoms with Gasteiger partial charge in [-0.3, -0.25) is 9.88 Å². The fourth-order valence-electron chi connectivity index (χ4n) is 7.49. The zero-order valence-corrected chi connectivity index (χ0v) is 24.5. The second-order valence-electron chi connectivity index (χ2n) is 12.3. The Hall–Kier alpha value is -4.10. The minimum atomic E-state index is -3.73. The van der Waals surface area contributed by atoms with Crippen LogP contribution in [0.1, 0.15) is 22.0 Å². The lowest BCUT2D eigenvalue weighted by atomic mass is 9.94. The van der Waals surface area contributed by atoms with Crippen molar-refractivity contribution in [2.24, 2.45) is 5.92 Å². The first kappa shape index (κ1) is 27.1. The highest BCUT2D eigenvalue weighted by atomic mass is 19.1. The molecule has 1 aliphatic carbocycles. The van der Waals surface area contributed by atoms with E-state index in [1.165, 1.54) is 18.3 Å². The zero-order chi connectivity index (χ0) is 33.4. The van der Waals surface area contributed by atoms with Crippen molar-refractivity contribution in [1.82, 2.24) is 19.9 Å². The topological polar surface area (TPSA) is 72.8 Å². The molecule has 4 aliphatic rings. The van der Waals surface area contributed by atoms with E-state index in [0.29, 0.717) is 30.3 Å². The van der Waals surface area contributed by atoms with E-state index < -0.39 is 41.9 Å². The first-order valence-electron chi connectivity index (χ1n) is 16.2. The SMILES string of the molecule is [2H]C([2H])(F)Oc1c(F)ccc2cccc(-c3ncc4c(N5CCOC[C@H]6[C@H](F)[C@H]65)nc(OC[C@@]56CCCN5C/C(=C/F)C6)nc4c3F)c12. The molecule has 2 aromatic heterocycles. The maximum atomic E-state index is 16.8. The lowest BCUT2D eigenvalue weighted by Gasteiger charge is -2.31. The van der Waals surface area contributed by atoms with Crippen LogP contribution in [0.3, 0.4) is 0 Å². The average molecular weight is 642 g/mol. The van der Waals surface area contributed by atoms with Crippen molar-refractivity contribution in [3.63, 3.8) is 0 Å². The summed E-state index contributed by atoms with van der Waals surface area (Å²) in [7, 11) is 0. The molecule has 0 radical (unpaired) electrons. The molecule has 0 spiro atoms. The summed E-state index contributed by atoms with van der Waals surface area (Å²) in [5.41, 5.74) is -0.301. The molecule has 3 aliphatic heterocycles. The Morgan fingerprint density at radius 3 is 2.89 bits per heavy atom. The molecule has 1 saturated carbocycles. The molecule has 2 aromatic carbocycles. The van der Waals surface area contributed by atoms with E-state index >= 15 is 4.39 Å². The Morgan fingerprint density at radius 2 is 2.04 bits per heavy atom. The van der Waals surface area contributed by atoms with Crippen molar-refractivity contribution in [3.05, 3.63) is 60.1 Å². The number of ether oxygens (including phenoxy) is 3. The molecule has 13 heteroatoms. The van der Waals surface area contributed by atoms with Crippen LogP contribution in [0.15, 0.2) is 48.4 Å².